The molecular weight excluding hydrogens is 447 g/mol. The smallest absolute Gasteiger partial charge is 0.404 e. The molecule has 7 nitrogen and oxygen atoms in total. The van der Waals surface area contributed by atoms with Gasteiger partial charge in [0, 0.05) is 36.6 Å². The summed E-state index contributed by atoms with van der Waals surface area (Å²) in [6.45, 7) is 0. The molecule has 2 unspecified atom stereocenters. The van der Waals surface area contributed by atoms with E-state index < -0.39 is 17.8 Å². The SMILES string of the molecule is CN=CC(=CN)c1nc(-c2ccc(C(F)(F)F)cc2)cc2c(=O)n(C3CCCC(O)C3)cnc12. The van der Waals surface area contributed by atoms with Crippen LogP contribution < -0.4 is 11.3 Å². The highest BCUT2D eigenvalue weighted by atomic mass is 19.4. The van der Waals surface area contributed by atoms with Crippen molar-refractivity contribution >= 4 is 22.7 Å². The Kier molecular flexibility index (Phi) is 6.52. The van der Waals surface area contributed by atoms with Gasteiger partial charge >= 0.3 is 6.18 Å². The summed E-state index contributed by atoms with van der Waals surface area (Å²) >= 11 is 0. The van der Waals surface area contributed by atoms with Crippen LogP contribution in [0.3, 0.4) is 0 Å². The molecule has 0 radical (unpaired) electrons. The lowest BCUT2D eigenvalue weighted by atomic mass is 9.93. The van der Waals surface area contributed by atoms with E-state index in [1.54, 1.807) is 7.05 Å². The second-order valence-electron chi connectivity index (χ2n) is 8.27. The third-order valence-electron chi connectivity index (χ3n) is 6.01. The molecule has 4 rings (SSSR count). The fourth-order valence-electron chi connectivity index (χ4n) is 4.30. The van der Waals surface area contributed by atoms with Gasteiger partial charge in [0.15, 0.2) is 0 Å². The van der Waals surface area contributed by atoms with Gasteiger partial charge in [-0.3, -0.25) is 14.4 Å². The molecule has 3 N–H and O–H groups in total. The summed E-state index contributed by atoms with van der Waals surface area (Å²) in [5.74, 6) is 0. The topological polar surface area (TPSA) is 106 Å². The molecule has 2 atom stereocenters. The van der Waals surface area contributed by atoms with Crippen LogP contribution in [0.2, 0.25) is 0 Å². The van der Waals surface area contributed by atoms with Gasteiger partial charge in [0.25, 0.3) is 5.56 Å². The molecule has 1 saturated carbocycles. The number of hydrogen-bond acceptors (Lipinski definition) is 6. The molecule has 2 heterocycles. The summed E-state index contributed by atoms with van der Waals surface area (Å²) in [4.78, 5) is 26.5. The van der Waals surface area contributed by atoms with E-state index in [2.05, 4.69) is 15.0 Å². The van der Waals surface area contributed by atoms with E-state index in [0.29, 0.717) is 40.9 Å². The van der Waals surface area contributed by atoms with Crippen molar-refractivity contribution in [2.24, 2.45) is 10.7 Å². The number of aliphatic imine (C=N–C) groups is 1. The molecule has 0 amide bonds. The minimum absolute atomic E-state index is 0.194. The zero-order valence-electron chi connectivity index (χ0n) is 18.5. The summed E-state index contributed by atoms with van der Waals surface area (Å²) in [6, 6.07) is 5.91. The average molecular weight is 471 g/mol. The molecule has 178 valence electrons. The first-order valence-corrected chi connectivity index (χ1v) is 10.8. The Balaban J connectivity index is 1.92. The van der Waals surface area contributed by atoms with Crippen LogP contribution in [0.4, 0.5) is 13.2 Å². The molecule has 3 aromatic rings. The minimum atomic E-state index is -4.46. The predicted molar refractivity (Wildman–Crippen MR) is 124 cm³/mol. The Labute approximate surface area is 193 Å². The number of aromatic nitrogens is 3. The summed E-state index contributed by atoms with van der Waals surface area (Å²) < 4.78 is 40.6. The monoisotopic (exact) mass is 471 g/mol. The fraction of sp³-hybridized carbons (Fsp3) is 0.333. The van der Waals surface area contributed by atoms with Crippen molar-refractivity contribution in [2.45, 2.75) is 44.0 Å². The van der Waals surface area contributed by atoms with Crippen molar-refractivity contribution < 1.29 is 18.3 Å². The quantitative estimate of drug-likeness (QED) is 0.561. The third-order valence-corrected chi connectivity index (χ3v) is 6.01. The van der Waals surface area contributed by atoms with E-state index in [1.165, 1.54) is 41.5 Å². The molecule has 0 bridgehead atoms. The van der Waals surface area contributed by atoms with Crippen LogP contribution in [0.25, 0.3) is 27.7 Å². The number of hydrogen-bond donors (Lipinski definition) is 2. The number of pyridine rings is 1. The van der Waals surface area contributed by atoms with Crippen molar-refractivity contribution in [1.29, 1.82) is 0 Å². The van der Waals surface area contributed by atoms with Crippen molar-refractivity contribution in [1.82, 2.24) is 14.5 Å². The van der Waals surface area contributed by atoms with Gasteiger partial charge in [-0.2, -0.15) is 13.2 Å². The Morgan fingerprint density at radius 1 is 1.26 bits per heavy atom. The zero-order chi connectivity index (χ0) is 24.5. The van der Waals surface area contributed by atoms with Crippen LogP contribution in [-0.4, -0.2) is 39.0 Å². The van der Waals surface area contributed by atoms with E-state index in [9.17, 15) is 23.1 Å². The molecule has 34 heavy (non-hydrogen) atoms. The molecule has 10 heteroatoms. The number of halogens is 3. The van der Waals surface area contributed by atoms with Gasteiger partial charge in [0.1, 0.15) is 11.2 Å². The van der Waals surface area contributed by atoms with Gasteiger partial charge in [0.2, 0.25) is 0 Å². The van der Waals surface area contributed by atoms with Crippen LogP contribution in [0.1, 0.15) is 43.0 Å². The Hall–Kier alpha value is -3.53. The molecule has 1 aliphatic carbocycles. The molecular formula is C24H24F3N5O2. The van der Waals surface area contributed by atoms with Crippen LogP contribution >= 0.6 is 0 Å². The highest BCUT2D eigenvalue weighted by molar-refractivity contribution is 6.13. The molecule has 0 spiro atoms. The van der Waals surface area contributed by atoms with Crippen LogP contribution in [0.5, 0.6) is 0 Å². The lowest BCUT2D eigenvalue weighted by Crippen LogP contribution is -2.30. The molecule has 1 fully saturated rings. The highest BCUT2D eigenvalue weighted by Gasteiger charge is 2.30. The second-order valence-corrected chi connectivity index (χ2v) is 8.27. The zero-order valence-corrected chi connectivity index (χ0v) is 18.5. The molecule has 1 aliphatic rings. The maximum atomic E-state index is 13.5. The Bertz CT molecular complexity index is 1310. The van der Waals surface area contributed by atoms with Gasteiger partial charge in [-0.15, -0.1) is 0 Å². The standard InChI is InChI=1S/C24H24F3N5O2/c1-29-12-15(11-28)21-22-19(23(34)32(13-30-22)17-3-2-4-18(33)9-17)10-20(31-21)14-5-7-16(8-6-14)24(25,26)27/h5-8,10-13,17-18,33H,2-4,9,28H2,1H3. The van der Waals surface area contributed by atoms with Gasteiger partial charge < -0.3 is 10.8 Å². The summed E-state index contributed by atoms with van der Waals surface area (Å²) in [7, 11) is 1.56. The van der Waals surface area contributed by atoms with Crippen molar-refractivity contribution in [3.05, 3.63) is 64.5 Å². The minimum Gasteiger partial charge on any atom is -0.404 e. The first-order chi connectivity index (χ1) is 16.2. The normalized spacial score (nSPS) is 19.7. The van der Waals surface area contributed by atoms with Gasteiger partial charge in [-0.1, -0.05) is 12.1 Å². The van der Waals surface area contributed by atoms with Crippen molar-refractivity contribution in [3.8, 4) is 11.3 Å². The third kappa shape index (κ3) is 4.58. The lowest BCUT2D eigenvalue weighted by Gasteiger charge is -2.27. The predicted octanol–water partition coefficient (Wildman–Crippen LogP) is 3.95. The van der Waals surface area contributed by atoms with Crippen LogP contribution in [0, 0.1) is 0 Å². The molecule has 0 aliphatic heterocycles. The summed E-state index contributed by atoms with van der Waals surface area (Å²) in [6.07, 6.45) is 1.95. The lowest BCUT2D eigenvalue weighted by molar-refractivity contribution is -0.137. The number of nitrogens with two attached hydrogens (primary N) is 1. The number of rotatable bonds is 4. The van der Waals surface area contributed by atoms with Gasteiger partial charge in [-0.25, -0.2) is 9.97 Å². The number of fused-ring (bicyclic) bond motifs is 1. The van der Waals surface area contributed by atoms with E-state index in [-0.39, 0.29) is 17.0 Å². The number of aliphatic hydroxyl groups is 1. The first kappa shape index (κ1) is 23.6. The largest absolute Gasteiger partial charge is 0.416 e. The first-order valence-electron chi connectivity index (χ1n) is 10.8. The number of allylic oxidation sites excluding steroid dienone is 1. The second kappa shape index (κ2) is 9.38. The van der Waals surface area contributed by atoms with Gasteiger partial charge in [0.05, 0.1) is 29.1 Å². The van der Waals surface area contributed by atoms with Crippen molar-refractivity contribution in [3.63, 3.8) is 0 Å². The molecule has 1 aromatic carbocycles. The fourth-order valence-corrected chi connectivity index (χ4v) is 4.30. The maximum absolute atomic E-state index is 13.5. The van der Waals surface area contributed by atoms with E-state index in [0.717, 1.165) is 25.0 Å². The summed E-state index contributed by atoms with van der Waals surface area (Å²) in [5.41, 5.74) is 6.42. The van der Waals surface area contributed by atoms with Crippen LogP contribution in [0.15, 0.2) is 52.6 Å². The van der Waals surface area contributed by atoms with E-state index in [4.69, 9.17) is 5.73 Å². The molecule has 0 saturated heterocycles. The number of benzene rings is 1. The number of aliphatic hydroxyl groups excluding tert-OH is 1. The Morgan fingerprint density at radius 2 is 2.00 bits per heavy atom. The van der Waals surface area contributed by atoms with Gasteiger partial charge in [-0.05, 0) is 43.9 Å². The number of nitrogens with zero attached hydrogens (tertiary/aromatic N) is 4. The molecule has 2 aromatic heterocycles. The number of alkyl halides is 3. The average Bonchev–Trinajstić information content (AvgIpc) is 2.82. The highest BCUT2D eigenvalue weighted by Crippen LogP contribution is 2.32. The Morgan fingerprint density at radius 3 is 2.62 bits per heavy atom. The summed E-state index contributed by atoms with van der Waals surface area (Å²) in [5, 5.41) is 10.3. The van der Waals surface area contributed by atoms with Crippen LogP contribution in [-0.2, 0) is 6.18 Å². The van der Waals surface area contributed by atoms with Crippen molar-refractivity contribution in [2.75, 3.05) is 7.05 Å². The van der Waals surface area contributed by atoms with E-state index in [1.807, 2.05) is 0 Å². The maximum Gasteiger partial charge on any atom is 0.416 e. The van der Waals surface area contributed by atoms with E-state index >= 15 is 0 Å².